The van der Waals surface area contributed by atoms with Gasteiger partial charge in [0.25, 0.3) is 5.91 Å². The fourth-order valence-corrected chi connectivity index (χ4v) is 5.21. The normalized spacial score (nSPS) is 16.2. The summed E-state index contributed by atoms with van der Waals surface area (Å²) in [4.78, 5) is 17.2. The molecule has 33 heavy (non-hydrogen) atoms. The zero-order valence-electron chi connectivity index (χ0n) is 18.8. The van der Waals surface area contributed by atoms with Crippen LogP contribution in [0.4, 0.5) is 5.69 Å². The van der Waals surface area contributed by atoms with Crippen molar-refractivity contribution in [3.8, 4) is 11.8 Å². The van der Waals surface area contributed by atoms with Crippen molar-refractivity contribution in [1.29, 1.82) is 5.26 Å². The maximum absolute atomic E-state index is 13.1. The molecule has 3 aromatic rings. The Morgan fingerprint density at radius 2 is 1.85 bits per heavy atom. The van der Waals surface area contributed by atoms with Crippen LogP contribution in [0.5, 0.6) is 0 Å². The van der Waals surface area contributed by atoms with E-state index in [0.29, 0.717) is 29.2 Å². The lowest BCUT2D eigenvalue weighted by Gasteiger charge is -2.46. The zero-order valence-corrected chi connectivity index (χ0v) is 19.6. The standard InChI is InChI=1S/C26H26ClN5O/c1-30(2)17-21-8-10-24-26(29-22-9-7-20(27)15-23(22)32(21)24)11-13-31(14-12-26)25(33)19-5-3-18(16-28)4-6-19/h3-10,15,29H,11-14,17H2,1-2H3. The van der Waals surface area contributed by atoms with E-state index in [2.05, 4.69) is 53.1 Å². The Morgan fingerprint density at radius 1 is 1.12 bits per heavy atom. The molecule has 0 atom stereocenters. The minimum atomic E-state index is -0.243. The van der Waals surface area contributed by atoms with Crippen LogP contribution >= 0.6 is 11.6 Å². The topological polar surface area (TPSA) is 64.3 Å². The number of aromatic nitrogens is 1. The van der Waals surface area contributed by atoms with Crippen LogP contribution in [0.1, 0.15) is 40.2 Å². The predicted molar refractivity (Wildman–Crippen MR) is 130 cm³/mol. The van der Waals surface area contributed by atoms with Gasteiger partial charge in [-0.05, 0) is 81.5 Å². The molecule has 2 aromatic carbocycles. The van der Waals surface area contributed by atoms with E-state index in [1.165, 1.54) is 11.4 Å². The average molecular weight is 460 g/mol. The number of fused-ring (bicyclic) bond motifs is 4. The molecule has 1 aromatic heterocycles. The summed E-state index contributed by atoms with van der Waals surface area (Å²) < 4.78 is 2.34. The SMILES string of the molecule is CN(C)Cc1ccc2n1-c1cc(Cl)ccc1NC21CCN(C(=O)c2ccc(C#N)cc2)CC1. The van der Waals surface area contributed by atoms with Crippen molar-refractivity contribution >= 4 is 23.2 Å². The van der Waals surface area contributed by atoms with Crippen LogP contribution in [0.25, 0.3) is 5.69 Å². The van der Waals surface area contributed by atoms with Crippen molar-refractivity contribution in [2.45, 2.75) is 24.9 Å². The molecule has 0 aliphatic carbocycles. The van der Waals surface area contributed by atoms with E-state index < -0.39 is 0 Å². The Labute approximate surface area is 199 Å². The molecule has 1 spiro atoms. The maximum atomic E-state index is 13.1. The summed E-state index contributed by atoms with van der Waals surface area (Å²) >= 11 is 6.36. The Hall–Kier alpha value is -3.27. The van der Waals surface area contributed by atoms with E-state index >= 15 is 0 Å². The third-order valence-electron chi connectivity index (χ3n) is 6.67. The fourth-order valence-electron chi connectivity index (χ4n) is 5.04. The maximum Gasteiger partial charge on any atom is 0.253 e. The predicted octanol–water partition coefficient (Wildman–Crippen LogP) is 4.62. The fraction of sp³-hybridized carbons (Fsp3) is 0.308. The molecule has 168 valence electrons. The number of nitrogens with one attached hydrogen (secondary N) is 1. The molecule has 1 saturated heterocycles. The number of hydrogen-bond acceptors (Lipinski definition) is 4. The first-order valence-corrected chi connectivity index (χ1v) is 11.5. The minimum absolute atomic E-state index is 0.0148. The van der Waals surface area contributed by atoms with E-state index in [-0.39, 0.29) is 11.4 Å². The van der Waals surface area contributed by atoms with Gasteiger partial charge in [0.1, 0.15) is 0 Å². The minimum Gasteiger partial charge on any atom is -0.372 e. The van der Waals surface area contributed by atoms with Crippen molar-refractivity contribution in [3.63, 3.8) is 0 Å². The van der Waals surface area contributed by atoms with E-state index in [9.17, 15) is 4.79 Å². The van der Waals surface area contributed by atoms with E-state index in [1.807, 2.05) is 17.0 Å². The number of rotatable bonds is 3. The van der Waals surface area contributed by atoms with Gasteiger partial charge >= 0.3 is 0 Å². The Kier molecular flexibility index (Phi) is 5.40. The first-order chi connectivity index (χ1) is 15.9. The van der Waals surface area contributed by atoms with Gasteiger partial charge < -0.3 is 19.7 Å². The van der Waals surface area contributed by atoms with Crippen molar-refractivity contribution in [3.05, 3.63) is 82.1 Å². The number of benzene rings is 2. The van der Waals surface area contributed by atoms with Crippen molar-refractivity contribution in [2.75, 3.05) is 32.5 Å². The van der Waals surface area contributed by atoms with Crippen LogP contribution in [0.3, 0.4) is 0 Å². The third kappa shape index (κ3) is 3.78. The van der Waals surface area contributed by atoms with Crippen LogP contribution in [0, 0.1) is 11.3 Å². The highest BCUT2D eigenvalue weighted by Gasteiger charge is 2.43. The monoisotopic (exact) mass is 459 g/mol. The molecule has 0 bridgehead atoms. The number of carbonyl (C=O) groups is 1. The first-order valence-electron chi connectivity index (χ1n) is 11.1. The highest BCUT2D eigenvalue weighted by atomic mass is 35.5. The Bertz CT molecular complexity index is 1250. The molecule has 2 aliphatic heterocycles. The highest BCUT2D eigenvalue weighted by Crippen LogP contribution is 2.45. The summed E-state index contributed by atoms with van der Waals surface area (Å²) in [5, 5.41) is 13.5. The van der Waals surface area contributed by atoms with Crippen LogP contribution in [0.2, 0.25) is 5.02 Å². The molecule has 0 unspecified atom stereocenters. The van der Waals surface area contributed by atoms with Crippen molar-refractivity contribution in [2.24, 2.45) is 0 Å². The lowest BCUT2D eigenvalue weighted by molar-refractivity contribution is 0.0676. The van der Waals surface area contributed by atoms with Gasteiger partial charge in [0, 0.05) is 41.6 Å². The van der Waals surface area contributed by atoms with Gasteiger partial charge in [0.2, 0.25) is 0 Å². The average Bonchev–Trinajstić information content (AvgIpc) is 3.24. The summed E-state index contributed by atoms with van der Waals surface area (Å²) in [6.07, 6.45) is 1.62. The van der Waals surface area contributed by atoms with Crippen LogP contribution in [-0.2, 0) is 12.1 Å². The zero-order chi connectivity index (χ0) is 23.2. The van der Waals surface area contributed by atoms with Crippen molar-refractivity contribution in [1.82, 2.24) is 14.4 Å². The summed E-state index contributed by atoms with van der Waals surface area (Å²) in [7, 11) is 4.14. The van der Waals surface area contributed by atoms with Gasteiger partial charge in [-0.1, -0.05) is 11.6 Å². The number of nitrogens with zero attached hydrogens (tertiary/aromatic N) is 4. The molecule has 3 heterocycles. The lowest BCUT2D eigenvalue weighted by Crippen LogP contribution is -2.51. The summed E-state index contributed by atoms with van der Waals surface area (Å²) in [5.41, 5.74) is 5.51. The van der Waals surface area contributed by atoms with Gasteiger partial charge in [-0.25, -0.2) is 0 Å². The van der Waals surface area contributed by atoms with Gasteiger partial charge in [-0.3, -0.25) is 4.79 Å². The highest BCUT2D eigenvalue weighted by molar-refractivity contribution is 6.30. The number of piperidine rings is 1. The van der Waals surface area contributed by atoms with E-state index in [1.54, 1.807) is 24.3 Å². The molecule has 6 nitrogen and oxygen atoms in total. The second kappa shape index (κ2) is 8.26. The number of carbonyl (C=O) groups excluding carboxylic acids is 1. The molecule has 0 radical (unpaired) electrons. The molecule has 1 N–H and O–H groups in total. The Morgan fingerprint density at radius 3 is 2.52 bits per heavy atom. The number of halogens is 1. The molecule has 0 saturated carbocycles. The second-order valence-electron chi connectivity index (χ2n) is 9.13. The summed E-state index contributed by atoms with van der Waals surface area (Å²) in [6.45, 7) is 2.14. The van der Waals surface area contributed by atoms with Gasteiger partial charge in [-0.15, -0.1) is 0 Å². The number of amides is 1. The number of anilines is 1. The van der Waals surface area contributed by atoms with Gasteiger partial charge in [0.05, 0.1) is 28.5 Å². The van der Waals surface area contributed by atoms with Gasteiger partial charge in [0.15, 0.2) is 0 Å². The van der Waals surface area contributed by atoms with Crippen LogP contribution < -0.4 is 5.32 Å². The lowest BCUT2D eigenvalue weighted by atomic mass is 9.82. The molecule has 1 amide bonds. The van der Waals surface area contributed by atoms with Gasteiger partial charge in [-0.2, -0.15) is 5.26 Å². The third-order valence-corrected chi connectivity index (χ3v) is 6.91. The number of hydrogen-bond donors (Lipinski definition) is 1. The molecular formula is C26H26ClN5O. The largest absolute Gasteiger partial charge is 0.372 e. The molecule has 2 aliphatic rings. The molecule has 1 fully saturated rings. The van der Waals surface area contributed by atoms with E-state index in [4.69, 9.17) is 16.9 Å². The number of nitriles is 1. The van der Waals surface area contributed by atoms with Crippen LogP contribution in [0.15, 0.2) is 54.6 Å². The van der Waals surface area contributed by atoms with E-state index in [0.717, 1.165) is 30.8 Å². The molecular weight excluding hydrogens is 434 g/mol. The summed E-state index contributed by atoms with van der Waals surface area (Å²) in [5.74, 6) is 0.0148. The quantitative estimate of drug-likeness (QED) is 0.620. The van der Waals surface area contributed by atoms with Crippen LogP contribution in [-0.4, -0.2) is 47.5 Å². The summed E-state index contributed by atoms with van der Waals surface area (Å²) in [6, 6.07) is 19.4. The first kappa shape index (κ1) is 21.6. The second-order valence-corrected chi connectivity index (χ2v) is 9.57. The smallest absolute Gasteiger partial charge is 0.253 e. The number of likely N-dealkylation sites (tertiary alicyclic amines) is 1. The Balaban J connectivity index is 1.44. The van der Waals surface area contributed by atoms with Crippen molar-refractivity contribution < 1.29 is 4.79 Å². The molecule has 7 heteroatoms. The molecule has 5 rings (SSSR count).